The molecule has 0 bridgehead atoms. The van der Waals surface area contributed by atoms with Gasteiger partial charge < -0.3 is 4.74 Å². The Kier molecular flexibility index (Phi) is 8.36. The van der Waals surface area contributed by atoms with Crippen LogP contribution < -0.4 is 4.74 Å². The summed E-state index contributed by atoms with van der Waals surface area (Å²) in [5.74, 6) is 2.49. The molecule has 0 saturated heterocycles. The summed E-state index contributed by atoms with van der Waals surface area (Å²) in [7, 11) is 3.75. The molecule has 0 saturated carbocycles. The molecule has 0 unspecified atom stereocenters. The molecule has 0 radical (unpaired) electrons. The topological polar surface area (TPSA) is 56.1 Å². The largest absolute Gasteiger partial charge is 0.496 e. The van der Waals surface area contributed by atoms with Crippen molar-refractivity contribution >= 4 is 29.4 Å². The second kappa shape index (κ2) is 11.8. The monoisotopic (exact) mass is 491 g/mol. The van der Waals surface area contributed by atoms with Crippen molar-refractivity contribution in [3.8, 4) is 11.4 Å². The Morgan fingerprint density at radius 3 is 2.68 bits per heavy atom. The molecule has 0 aliphatic heterocycles. The molecule has 0 fully saturated rings. The first kappa shape index (κ1) is 24.0. The number of methoxy groups -OCH3 is 1. The van der Waals surface area contributed by atoms with E-state index in [-0.39, 0.29) is 0 Å². The van der Waals surface area contributed by atoms with Crippen molar-refractivity contribution in [2.45, 2.75) is 17.5 Å². The Labute approximate surface area is 209 Å². The lowest BCUT2D eigenvalue weighted by molar-refractivity contribution is 0.350. The summed E-state index contributed by atoms with van der Waals surface area (Å²) in [6.45, 7) is 1.38. The minimum atomic E-state index is 0.631. The highest BCUT2D eigenvalue weighted by atomic mass is 35.5. The Bertz CT molecular complexity index is 1240. The molecular formula is C26H26ClN5OS. The van der Waals surface area contributed by atoms with Crippen LogP contribution in [0.5, 0.6) is 5.75 Å². The quantitative estimate of drug-likeness (QED) is 0.263. The maximum atomic E-state index is 6.30. The molecule has 174 valence electrons. The van der Waals surface area contributed by atoms with Crippen LogP contribution in [0.1, 0.15) is 17.0 Å². The summed E-state index contributed by atoms with van der Waals surface area (Å²) in [5.41, 5.74) is 3.18. The number of halogens is 1. The molecule has 2 aromatic heterocycles. The fourth-order valence-corrected chi connectivity index (χ4v) is 4.58. The van der Waals surface area contributed by atoms with Gasteiger partial charge in [-0.3, -0.25) is 14.5 Å². The van der Waals surface area contributed by atoms with Crippen LogP contribution in [0.3, 0.4) is 0 Å². The Morgan fingerprint density at radius 2 is 1.88 bits per heavy atom. The van der Waals surface area contributed by atoms with Crippen molar-refractivity contribution in [2.75, 3.05) is 20.7 Å². The molecule has 34 heavy (non-hydrogen) atoms. The van der Waals surface area contributed by atoms with Gasteiger partial charge in [0.25, 0.3) is 0 Å². The molecule has 2 heterocycles. The van der Waals surface area contributed by atoms with E-state index in [9.17, 15) is 0 Å². The molecule has 6 nitrogen and oxygen atoms in total. The van der Waals surface area contributed by atoms with Crippen LogP contribution in [0.15, 0.2) is 84.3 Å². The standard InChI is InChI=1S/C26H26ClN5OS/c1-31(16-6-8-21-7-3-4-11-24(21)33-2)18-25-29-30-26(34-19-20-12-14-28-15-13-20)32(25)23-10-5-9-22(27)17-23/h3-15,17H,16,18-19H2,1-2H3/b8-6+. The van der Waals surface area contributed by atoms with Crippen molar-refractivity contribution in [3.05, 3.63) is 101 Å². The number of likely N-dealkylation sites (N-methyl/N-ethyl adjacent to an activating group) is 1. The number of rotatable bonds is 10. The third kappa shape index (κ3) is 6.26. The highest BCUT2D eigenvalue weighted by Crippen LogP contribution is 2.27. The Hall–Kier alpha value is -3.13. The zero-order chi connectivity index (χ0) is 23.8. The second-order valence-corrected chi connectivity index (χ2v) is 9.08. The van der Waals surface area contributed by atoms with Gasteiger partial charge in [-0.25, -0.2) is 0 Å². The van der Waals surface area contributed by atoms with Crippen LogP contribution >= 0.6 is 23.4 Å². The summed E-state index contributed by atoms with van der Waals surface area (Å²) in [5, 5.41) is 10.5. The SMILES string of the molecule is COc1ccccc1/C=C/CN(C)Cc1nnc(SCc2ccncc2)n1-c1cccc(Cl)c1. The van der Waals surface area contributed by atoms with Gasteiger partial charge in [0, 0.05) is 35.3 Å². The van der Waals surface area contributed by atoms with Crippen LogP contribution in [-0.2, 0) is 12.3 Å². The van der Waals surface area contributed by atoms with Crippen LogP contribution in [0, 0.1) is 0 Å². The van der Waals surface area contributed by atoms with Crippen molar-refractivity contribution < 1.29 is 4.74 Å². The lowest BCUT2D eigenvalue weighted by atomic mass is 10.2. The van der Waals surface area contributed by atoms with Gasteiger partial charge in [-0.05, 0) is 49.0 Å². The van der Waals surface area contributed by atoms with Gasteiger partial charge in [0.2, 0.25) is 0 Å². The molecule has 0 aliphatic rings. The first-order valence-corrected chi connectivity index (χ1v) is 12.2. The van der Waals surface area contributed by atoms with Gasteiger partial charge in [0.05, 0.1) is 19.3 Å². The molecule has 0 spiro atoms. The summed E-state index contributed by atoms with van der Waals surface area (Å²) >= 11 is 7.94. The van der Waals surface area contributed by atoms with E-state index in [1.165, 1.54) is 5.56 Å². The zero-order valence-corrected chi connectivity index (χ0v) is 20.7. The number of hydrogen-bond donors (Lipinski definition) is 0. The molecule has 4 aromatic rings. The Morgan fingerprint density at radius 1 is 1.06 bits per heavy atom. The van der Waals surface area contributed by atoms with Gasteiger partial charge >= 0.3 is 0 Å². The highest BCUT2D eigenvalue weighted by molar-refractivity contribution is 7.98. The summed E-state index contributed by atoms with van der Waals surface area (Å²) in [4.78, 5) is 6.28. The van der Waals surface area contributed by atoms with Crippen molar-refractivity contribution in [1.82, 2.24) is 24.6 Å². The summed E-state index contributed by atoms with van der Waals surface area (Å²) in [6, 6.07) is 19.8. The van der Waals surface area contributed by atoms with Crippen LogP contribution in [0.2, 0.25) is 5.02 Å². The van der Waals surface area contributed by atoms with Crippen LogP contribution in [0.4, 0.5) is 0 Å². The van der Waals surface area contributed by atoms with Gasteiger partial charge in [0.1, 0.15) is 5.75 Å². The Balaban J connectivity index is 1.51. The fraction of sp³-hybridized carbons (Fsp3) is 0.192. The van der Waals surface area contributed by atoms with Gasteiger partial charge in [-0.1, -0.05) is 59.8 Å². The van der Waals surface area contributed by atoms with Gasteiger partial charge in [-0.15, -0.1) is 10.2 Å². The lowest BCUT2D eigenvalue weighted by Gasteiger charge is -2.16. The number of aromatic nitrogens is 4. The molecule has 8 heteroatoms. The van der Waals surface area contributed by atoms with Gasteiger partial charge in [-0.2, -0.15) is 0 Å². The normalized spacial score (nSPS) is 11.4. The number of benzene rings is 2. The smallest absolute Gasteiger partial charge is 0.196 e. The third-order valence-corrected chi connectivity index (χ3v) is 6.38. The molecule has 4 rings (SSSR count). The van der Waals surface area contributed by atoms with E-state index < -0.39 is 0 Å². The van der Waals surface area contributed by atoms with E-state index >= 15 is 0 Å². The first-order chi connectivity index (χ1) is 16.6. The number of hydrogen-bond acceptors (Lipinski definition) is 6. The van der Waals surface area contributed by atoms with Crippen molar-refractivity contribution in [2.24, 2.45) is 0 Å². The van der Waals surface area contributed by atoms with Crippen molar-refractivity contribution in [1.29, 1.82) is 0 Å². The molecule has 2 aromatic carbocycles. The maximum Gasteiger partial charge on any atom is 0.196 e. The average molecular weight is 492 g/mol. The first-order valence-electron chi connectivity index (χ1n) is 10.8. The van der Waals surface area contributed by atoms with Crippen LogP contribution in [-0.4, -0.2) is 45.4 Å². The van der Waals surface area contributed by atoms with E-state index in [4.69, 9.17) is 16.3 Å². The minimum Gasteiger partial charge on any atom is -0.496 e. The highest BCUT2D eigenvalue weighted by Gasteiger charge is 2.16. The predicted molar refractivity (Wildman–Crippen MR) is 139 cm³/mol. The predicted octanol–water partition coefficient (Wildman–Crippen LogP) is 5.76. The molecular weight excluding hydrogens is 466 g/mol. The number of thioether (sulfide) groups is 1. The van der Waals surface area contributed by atoms with E-state index in [1.807, 2.05) is 60.7 Å². The minimum absolute atomic E-state index is 0.631. The summed E-state index contributed by atoms with van der Waals surface area (Å²) < 4.78 is 7.51. The lowest BCUT2D eigenvalue weighted by Crippen LogP contribution is -2.20. The second-order valence-electron chi connectivity index (χ2n) is 7.70. The van der Waals surface area contributed by atoms with E-state index in [1.54, 1.807) is 31.3 Å². The van der Waals surface area contributed by atoms with Crippen LogP contribution in [0.25, 0.3) is 11.8 Å². The number of ether oxygens (including phenoxy) is 1. The molecule has 0 N–H and O–H groups in total. The molecule has 0 aliphatic carbocycles. The molecule has 0 amide bonds. The number of para-hydroxylation sites is 1. The number of pyridine rings is 1. The third-order valence-electron chi connectivity index (χ3n) is 5.15. The van der Waals surface area contributed by atoms with E-state index in [2.05, 4.69) is 43.8 Å². The summed E-state index contributed by atoms with van der Waals surface area (Å²) in [6.07, 6.45) is 7.80. The molecule has 0 atom stereocenters. The average Bonchev–Trinajstić information content (AvgIpc) is 3.26. The van der Waals surface area contributed by atoms with Gasteiger partial charge in [0.15, 0.2) is 11.0 Å². The zero-order valence-electron chi connectivity index (χ0n) is 19.1. The number of nitrogens with zero attached hydrogens (tertiary/aromatic N) is 5. The van der Waals surface area contributed by atoms with E-state index in [0.29, 0.717) is 11.6 Å². The maximum absolute atomic E-state index is 6.30. The fourth-order valence-electron chi connectivity index (χ4n) is 3.47. The van der Waals surface area contributed by atoms with E-state index in [0.717, 1.165) is 40.3 Å². The van der Waals surface area contributed by atoms with Crippen molar-refractivity contribution in [3.63, 3.8) is 0 Å².